The zero-order chi connectivity index (χ0) is 16.9. The number of thiazole rings is 1. The average molecular weight is 348 g/mol. The predicted octanol–water partition coefficient (Wildman–Crippen LogP) is 2.11. The van der Waals surface area contributed by atoms with Gasteiger partial charge in [0.05, 0.1) is 11.0 Å². The van der Waals surface area contributed by atoms with E-state index in [4.69, 9.17) is 10.2 Å². The van der Waals surface area contributed by atoms with Crippen LogP contribution in [-0.4, -0.2) is 42.0 Å². The van der Waals surface area contributed by atoms with Crippen LogP contribution in [0.3, 0.4) is 0 Å². The zero-order valence-corrected chi connectivity index (χ0v) is 14.8. The second-order valence-corrected chi connectivity index (χ2v) is 7.03. The molecule has 3 N–H and O–H groups in total. The average Bonchev–Trinajstić information content (AvgIpc) is 3.30. The maximum atomic E-state index is 12.4. The lowest BCUT2D eigenvalue weighted by Crippen LogP contribution is -2.36. The van der Waals surface area contributed by atoms with Crippen LogP contribution < -0.4 is 11.1 Å². The Labute approximate surface area is 146 Å². The summed E-state index contributed by atoms with van der Waals surface area (Å²) < 4.78 is 5.81. The standard InChI is InChI=1S/C17H24N4O2S/c1-12-4-5-15(23-12)14(21-8-2-3-9-21)10-19-17(22)13-11-24-16(20-13)6-7-18/h4-5,11,14H,2-3,6-10,18H2,1H3,(H,19,22). The molecule has 1 aliphatic heterocycles. The largest absolute Gasteiger partial charge is 0.465 e. The van der Waals surface area contributed by atoms with Crippen LogP contribution in [0.2, 0.25) is 0 Å². The number of hydrogen-bond donors (Lipinski definition) is 2. The van der Waals surface area contributed by atoms with Crippen LogP contribution >= 0.6 is 11.3 Å². The molecule has 24 heavy (non-hydrogen) atoms. The lowest BCUT2D eigenvalue weighted by molar-refractivity contribution is 0.0929. The number of nitrogens with zero attached hydrogens (tertiary/aromatic N) is 2. The van der Waals surface area contributed by atoms with Gasteiger partial charge in [-0.05, 0) is 51.5 Å². The summed E-state index contributed by atoms with van der Waals surface area (Å²) in [7, 11) is 0. The fraction of sp³-hybridized carbons (Fsp3) is 0.529. The van der Waals surface area contributed by atoms with Gasteiger partial charge in [-0.2, -0.15) is 0 Å². The Bertz CT molecular complexity index is 676. The molecule has 0 radical (unpaired) electrons. The number of furan rings is 1. The van der Waals surface area contributed by atoms with E-state index in [1.165, 1.54) is 24.2 Å². The molecule has 1 unspecified atom stereocenters. The van der Waals surface area contributed by atoms with Crippen LogP contribution in [0.5, 0.6) is 0 Å². The Balaban J connectivity index is 1.65. The molecule has 0 saturated carbocycles. The molecule has 6 nitrogen and oxygen atoms in total. The topological polar surface area (TPSA) is 84.4 Å². The maximum Gasteiger partial charge on any atom is 0.270 e. The maximum absolute atomic E-state index is 12.4. The van der Waals surface area contributed by atoms with Crippen LogP contribution in [0, 0.1) is 6.92 Å². The molecule has 0 spiro atoms. The van der Waals surface area contributed by atoms with Gasteiger partial charge in [-0.3, -0.25) is 9.69 Å². The summed E-state index contributed by atoms with van der Waals surface area (Å²) in [5, 5.41) is 5.71. The third-order valence-corrected chi connectivity index (χ3v) is 5.18. The van der Waals surface area contributed by atoms with E-state index in [9.17, 15) is 4.79 Å². The fourth-order valence-electron chi connectivity index (χ4n) is 3.03. The lowest BCUT2D eigenvalue weighted by atomic mass is 10.2. The van der Waals surface area contributed by atoms with Crippen molar-refractivity contribution in [1.29, 1.82) is 0 Å². The summed E-state index contributed by atoms with van der Waals surface area (Å²) in [5.41, 5.74) is 6.00. The van der Waals surface area contributed by atoms with Crippen molar-refractivity contribution in [2.45, 2.75) is 32.2 Å². The highest BCUT2D eigenvalue weighted by Gasteiger charge is 2.26. The lowest BCUT2D eigenvalue weighted by Gasteiger charge is -2.25. The first-order valence-electron chi connectivity index (χ1n) is 8.40. The van der Waals surface area contributed by atoms with Gasteiger partial charge in [0.25, 0.3) is 5.91 Å². The molecule has 2 aromatic heterocycles. The van der Waals surface area contributed by atoms with Crippen molar-refractivity contribution in [3.63, 3.8) is 0 Å². The van der Waals surface area contributed by atoms with Crippen LogP contribution in [-0.2, 0) is 6.42 Å². The van der Waals surface area contributed by atoms with Crippen molar-refractivity contribution in [2.24, 2.45) is 5.73 Å². The summed E-state index contributed by atoms with van der Waals surface area (Å²) in [4.78, 5) is 19.1. The van der Waals surface area contributed by atoms with Gasteiger partial charge in [0.2, 0.25) is 0 Å². The van der Waals surface area contributed by atoms with Crippen LogP contribution in [0.1, 0.15) is 45.9 Å². The Hall–Kier alpha value is -1.70. The zero-order valence-electron chi connectivity index (χ0n) is 14.0. The number of aryl methyl sites for hydroxylation is 1. The van der Waals surface area contributed by atoms with Gasteiger partial charge >= 0.3 is 0 Å². The number of aromatic nitrogens is 1. The molecule has 1 saturated heterocycles. The van der Waals surface area contributed by atoms with Crippen molar-refractivity contribution in [3.05, 3.63) is 39.7 Å². The minimum atomic E-state index is -0.137. The van der Waals surface area contributed by atoms with E-state index in [0.29, 0.717) is 25.2 Å². The second-order valence-electron chi connectivity index (χ2n) is 6.08. The van der Waals surface area contributed by atoms with Crippen molar-refractivity contribution in [2.75, 3.05) is 26.2 Å². The second kappa shape index (κ2) is 7.92. The third-order valence-electron chi connectivity index (χ3n) is 4.27. The fourth-order valence-corrected chi connectivity index (χ4v) is 3.82. The minimum absolute atomic E-state index is 0.0762. The van der Waals surface area contributed by atoms with Gasteiger partial charge in [-0.15, -0.1) is 11.3 Å². The van der Waals surface area contributed by atoms with E-state index in [-0.39, 0.29) is 11.9 Å². The van der Waals surface area contributed by atoms with Crippen molar-refractivity contribution >= 4 is 17.2 Å². The number of rotatable bonds is 7. The first-order valence-corrected chi connectivity index (χ1v) is 9.28. The molecule has 1 amide bonds. The SMILES string of the molecule is Cc1ccc(C(CNC(=O)c2csc(CCN)n2)N2CCCC2)o1. The molecular formula is C17H24N4O2S. The van der Waals surface area contributed by atoms with E-state index in [0.717, 1.165) is 29.6 Å². The number of hydrogen-bond acceptors (Lipinski definition) is 6. The number of likely N-dealkylation sites (tertiary alicyclic amines) is 1. The van der Waals surface area contributed by atoms with Gasteiger partial charge in [-0.1, -0.05) is 0 Å². The van der Waals surface area contributed by atoms with E-state index in [1.807, 2.05) is 19.1 Å². The van der Waals surface area contributed by atoms with E-state index < -0.39 is 0 Å². The quantitative estimate of drug-likeness (QED) is 0.800. The molecule has 7 heteroatoms. The van der Waals surface area contributed by atoms with Gasteiger partial charge < -0.3 is 15.5 Å². The Kier molecular flexibility index (Phi) is 5.65. The van der Waals surface area contributed by atoms with Crippen LogP contribution in [0.25, 0.3) is 0 Å². The normalized spacial score (nSPS) is 16.4. The van der Waals surface area contributed by atoms with Crippen molar-refractivity contribution in [3.8, 4) is 0 Å². The predicted molar refractivity (Wildman–Crippen MR) is 94.2 cm³/mol. The minimum Gasteiger partial charge on any atom is -0.465 e. The molecule has 1 aliphatic rings. The molecule has 0 aromatic carbocycles. The molecule has 3 rings (SSSR count). The molecule has 0 aliphatic carbocycles. The molecule has 1 atom stereocenters. The molecule has 2 aromatic rings. The highest BCUT2D eigenvalue weighted by molar-refractivity contribution is 7.09. The van der Waals surface area contributed by atoms with Crippen molar-refractivity contribution in [1.82, 2.24) is 15.2 Å². The van der Waals surface area contributed by atoms with Gasteiger partial charge in [-0.25, -0.2) is 4.98 Å². The van der Waals surface area contributed by atoms with E-state index in [1.54, 1.807) is 5.38 Å². The number of nitrogens with two attached hydrogens (primary N) is 1. The first kappa shape index (κ1) is 17.1. The molecule has 1 fully saturated rings. The highest BCUT2D eigenvalue weighted by Crippen LogP contribution is 2.26. The number of nitrogens with one attached hydrogen (secondary N) is 1. The Morgan fingerprint density at radius 2 is 2.25 bits per heavy atom. The number of carbonyl (C=O) groups is 1. The Morgan fingerprint density at radius 3 is 2.92 bits per heavy atom. The van der Waals surface area contributed by atoms with E-state index >= 15 is 0 Å². The van der Waals surface area contributed by atoms with Gasteiger partial charge in [0.15, 0.2) is 0 Å². The monoisotopic (exact) mass is 348 g/mol. The number of amides is 1. The summed E-state index contributed by atoms with van der Waals surface area (Å²) in [5.74, 6) is 1.67. The summed E-state index contributed by atoms with van der Waals surface area (Å²) in [6.45, 7) is 5.09. The van der Waals surface area contributed by atoms with E-state index in [2.05, 4.69) is 15.2 Å². The summed E-state index contributed by atoms with van der Waals surface area (Å²) in [6.07, 6.45) is 3.09. The Morgan fingerprint density at radius 1 is 1.46 bits per heavy atom. The third kappa shape index (κ3) is 4.03. The smallest absolute Gasteiger partial charge is 0.270 e. The van der Waals surface area contributed by atoms with Crippen molar-refractivity contribution < 1.29 is 9.21 Å². The summed E-state index contributed by atoms with van der Waals surface area (Å²) >= 11 is 1.48. The molecule has 3 heterocycles. The number of carbonyl (C=O) groups excluding carboxylic acids is 1. The molecule has 0 bridgehead atoms. The molecule has 130 valence electrons. The van der Waals surface area contributed by atoms with Crippen LogP contribution in [0.4, 0.5) is 0 Å². The van der Waals surface area contributed by atoms with Crippen LogP contribution in [0.15, 0.2) is 21.9 Å². The molecular weight excluding hydrogens is 324 g/mol. The van der Waals surface area contributed by atoms with Gasteiger partial charge in [0, 0.05) is 18.3 Å². The highest BCUT2D eigenvalue weighted by atomic mass is 32.1. The first-order chi connectivity index (χ1) is 11.7. The van der Waals surface area contributed by atoms with Gasteiger partial charge in [0.1, 0.15) is 17.2 Å². The summed E-state index contributed by atoms with van der Waals surface area (Å²) in [6, 6.07) is 4.05.